The summed E-state index contributed by atoms with van der Waals surface area (Å²) < 4.78 is 42.0. The molecule has 0 saturated heterocycles. The lowest BCUT2D eigenvalue weighted by molar-refractivity contribution is -0.154. The lowest BCUT2D eigenvalue weighted by Gasteiger charge is -2.12. The molecular weight excluding hydrogens is 395 g/mol. The van der Waals surface area contributed by atoms with Crippen molar-refractivity contribution in [3.63, 3.8) is 0 Å². The van der Waals surface area contributed by atoms with E-state index in [4.69, 9.17) is 4.74 Å². The average molecular weight is 413 g/mol. The van der Waals surface area contributed by atoms with Gasteiger partial charge < -0.3 is 15.0 Å². The molecule has 0 saturated carbocycles. The molecule has 0 spiro atoms. The van der Waals surface area contributed by atoms with Crippen LogP contribution in [-0.4, -0.2) is 32.7 Å². The Morgan fingerprint density at radius 2 is 1.80 bits per heavy atom. The summed E-state index contributed by atoms with van der Waals surface area (Å²) >= 11 is 0. The first-order chi connectivity index (χ1) is 14.5. The molecule has 30 heavy (non-hydrogen) atoms. The van der Waals surface area contributed by atoms with Crippen LogP contribution in [0.25, 0.3) is 11.0 Å². The van der Waals surface area contributed by atoms with Crippen molar-refractivity contribution >= 4 is 16.9 Å². The minimum atomic E-state index is -4.42. The van der Waals surface area contributed by atoms with E-state index in [2.05, 4.69) is 25.3 Å². The largest absolute Gasteiger partial charge is 0.468 e. The number of aromatic nitrogens is 4. The molecular formula is C21H18F3N5O. The van der Waals surface area contributed by atoms with Gasteiger partial charge in [-0.05, 0) is 35.4 Å². The van der Waals surface area contributed by atoms with Gasteiger partial charge in [-0.1, -0.05) is 12.1 Å². The Labute approximate surface area is 170 Å². The van der Waals surface area contributed by atoms with Crippen LogP contribution in [0.4, 0.5) is 19.0 Å². The maximum absolute atomic E-state index is 12.4. The number of aromatic amines is 1. The predicted octanol–water partition coefficient (Wildman–Crippen LogP) is 4.50. The smallest absolute Gasteiger partial charge is 0.422 e. The van der Waals surface area contributed by atoms with Gasteiger partial charge in [-0.15, -0.1) is 0 Å². The number of nitrogens with zero attached hydrogens (tertiary/aromatic N) is 3. The van der Waals surface area contributed by atoms with Crippen molar-refractivity contribution in [1.82, 2.24) is 19.9 Å². The molecule has 0 bridgehead atoms. The number of hydrogen-bond acceptors (Lipinski definition) is 5. The van der Waals surface area contributed by atoms with Gasteiger partial charge in [-0.25, -0.2) is 15.0 Å². The van der Waals surface area contributed by atoms with E-state index >= 15 is 0 Å². The second kappa shape index (κ2) is 8.40. The minimum Gasteiger partial charge on any atom is -0.468 e. The van der Waals surface area contributed by atoms with E-state index in [0.29, 0.717) is 17.8 Å². The molecule has 4 rings (SSSR count). The van der Waals surface area contributed by atoms with E-state index in [1.807, 2.05) is 30.5 Å². The lowest BCUT2D eigenvalue weighted by Crippen LogP contribution is -2.20. The molecule has 4 aromatic heterocycles. The number of halogens is 3. The van der Waals surface area contributed by atoms with Crippen molar-refractivity contribution in [3.8, 4) is 5.88 Å². The van der Waals surface area contributed by atoms with Crippen LogP contribution in [0.5, 0.6) is 5.88 Å². The molecule has 2 N–H and O–H groups in total. The first-order valence-corrected chi connectivity index (χ1v) is 9.21. The monoisotopic (exact) mass is 413 g/mol. The second-order valence-electron chi connectivity index (χ2n) is 6.67. The van der Waals surface area contributed by atoms with Gasteiger partial charge in [0.15, 0.2) is 6.61 Å². The Morgan fingerprint density at radius 1 is 0.967 bits per heavy atom. The van der Waals surface area contributed by atoms with Crippen LogP contribution in [0.3, 0.4) is 0 Å². The molecule has 0 aliphatic carbocycles. The normalized spacial score (nSPS) is 11.6. The molecule has 0 amide bonds. The number of ether oxygens (including phenoxy) is 1. The van der Waals surface area contributed by atoms with Crippen molar-refractivity contribution in [2.24, 2.45) is 0 Å². The van der Waals surface area contributed by atoms with E-state index in [-0.39, 0.29) is 12.4 Å². The molecule has 0 radical (unpaired) electrons. The fourth-order valence-electron chi connectivity index (χ4n) is 3.04. The summed E-state index contributed by atoms with van der Waals surface area (Å²) in [7, 11) is 0. The molecule has 9 heteroatoms. The number of alkyl halides is 3. The Morgan fingerprint density at radius 3 is 2.60 bits per heavy atom. The van der Waals surface area contributed by atoms with Crippen molar-refractivity contribution in [3.05, 3.63) is 77.9 Å². The first-order valence-electron chi connectivity index (χ1n) is 9.21. The van der Waals surface area contributed by atoms with Gasteiger partial charge >= 0.3 is 6.18 Å². The highest BCUT2D eigenvalue weighted by molar-refractivity contribution is 5.79. The molecule has 0 aromatic carbocycles. The maximum Gasteiger partial charge on any atom is 0.422 e. The number of pyridine rings is 3. The average Bonchev–Trinajstić information content (AvgIpc) is 3.15. The van der Waals surface area contributed by atoms with E-state index in [9.17, 15) is 13.2 Å². The third kappa shape index (κ3) is 4.86. The molecule has 0 aliphatic rings. The van der Waals surface area contributed by atoms with Gasteiger partial charge in [0.25, 0.3) is 0 Å². The topological polar surface area (TPSA) is 75.7 Å². The molecule has 6 nitrogen and oxygen atoms in total. The molecule has 0 fully saturated rings. The Hall–Kier alpha value is -3.62. The van der Waals surface area contributed by atoms with Gasteiger partial charge in [-0.2, -0.15) is 13.2 Å². The van der Waals surface area contributed by atoms with Gasteiger partial charge in [0.05, 0.1) is 0 Å². The minimum absolute atomic E-state index is 0.0492. The Balaban J connectivity index is 1.39. The van der Waals surface area contributed by atoms with Crippen LogP contribution in [-0.2, 0) is 13.0 Å². The van der Waals surface area contributed by atoms with E-state index < -0.39 is 12.8 Å². The standard InChI is InChI=1S/C21H18F3N5O/c22-21(23,24)13-30-20-15(3-1-8-26-20)11-28-18-6-5-14(10-27-18)9-16-12-29-19-17(16)4-2-7-25-19/h1-8,10,12H,9,11,13H2,(H,25,29)(H,27,28). The summed E-state index contributed by atoms with van der Waals surface area (Å²) in [6.07, 6.45) is 3.13. The lowest BCUT2D eigenvalue weighted by atomic mass is 10.1. The highest BCUT2D eigenvalue weighted by Gasteiger charge is 2.29. The van der Waals surface area contributed by atoms with Crippen molar-refractivity contribution in [1.29, 1.82) is 0 Å². The number of H-pyrrole nitrogens is 1. The first kappa shape index (κ1) is 19.7. The fraction of sp³-hybridized carbons (Fsp3) is 0.190. The summed E-state index contributed by atoms with van der Waals surface area (Å²) in [6.45, 7) is -1.14. The van der Waals surface area contributed by atoms with Crippen LogP contribution in [0.15, 0.2) is 61.2 Å². The summed E-state index contributed by atoms with van der Waals surface area (Å²) in [5.41, 5.74) is 3.51. The zero-order valence-corrected chi connectivity index (χ0v) is 15.8. The van der Waals surface area contributed by atoms with Crippen LogP contribution in [0.1, 0.15) is 16.7 Å². The van der Waals surface area contributed by atoms with Crippen LogP contribution in [0.2, 0.25) is 0 Å². The van der Waals surface area contributed by atoms with Crippen LogP contribution in [0, 0.1) is 0 Å². The Bertz CT molecular complexity index is 1130. The third-order valence-electron chi connectivity index (χ3n) is 4.44. The number of rotatable bonds is 7. The molecule has 0 aliphatic heterocycles. The summed E-state index contributed by atoms with van der Waals surface area (Å²) in [5.74, 6) is 0.553. The van der Waals surface area contributed by atoms with Crippen molar-refractivity contribution < 1.29 is 17.9 Å². The number of nitrogens with one attached hydrogen (secondary N) is 2. The predicted molar refractivity (Wildman–Crippen MR) is 106 cm³/mol. The summed E-state index contributed by atoms with van der Waals surface area (Å²) in [4.78, 5) is 15.7. The molecule has 4 heterocycles. The molecule has 154 valence electrons. The van der Waals surface area contributed by atoms with Gasteiger partial charge in [0.2, 0.25) is 5.88 Å². The molecule has 0 unspecified atom stereocenters. The van der Waals surface area contributed by atoms with Crippen LogP contribution < -0.4 is 10.1 Å². The maximum atomic E-state index is 12.4. The summed E-state index contributed by atoms with van der Waals surface area (Å²) in [6, 6.07) is 11.0. The number of fused-ring (bicyclic) bond motifs is 1. The van der Waals surface area contributed by atoms with Gasteiger partial charge in [-0.3, -0.25) is 0 Å². The highest BCUT2D eigenvalue weighted by atomic mass is 19.4. The van der Waals surface area contributed by atoms with Gasteiger partial charge in [0.1, 0.15) is 11.5 Å². The SMILES string of the molecule is FC(F)(F)COc1ncccc1CNc1ccc(Cc2c[nH]c3ncccc23)cn1. The van der Waals surface area contributed by atoms with Crippen molar-refractivity contribution in [2.45, 2.75) is 19.1 Å². The third-order valence-corrected chi connectivity index (χ3v) is 4.44. The van der Waals surface area contributed by atoms with Gasteiger partial charge in [0, 0.05) is 48.7 Å². The highest BCUT2D eigenvalue weighted by Crippen LogP contribution is 2.22. The summed E-state index contributed by atoms with van der Waals surface area (Å²) in [5, 5.41) is 4.16. The zero-order chi connectivity index (χ0) is 21.0. The van der Waals surface area contributed by atoms with Crippen LogP contribution >= 0.6 is 0 Å². The Kier molecular flexibility index (Phi) is 5.51. The molecule has 0 atom stereocenters. The number of hydrogen-bond donors (Lipinski definition) is 2. The fourth-order valence-corrected chi connectivity index (χ4v) is 3.04. The second-order valence-corrected chi connectivity index (χ2v) is 6.67. The van der Waals surface area contributed by atoms with E-state index in [1.165, 1.54) is 6.20 Å². The number of anilines is 1. The zero-order valence-electron chi connectivity index (χ0n) is 15.8. The quantitative estimate of drug-likeness (QED) is 0.467. The van der Waals surface area contributed by atoms with E-state index in [0.717, 1.165) is 22.2 Å². The van der Waals surface area contributed by atoms with Crippen molar-refractivity contribution in [2.75, 3.05) is 11.9 Å². The molecule has 4 aromatic rings. The van der Waals surface area contributed by atoms with E-state index in [1.54, 1.807) is 24.5 Å².